The molecule has 1 aliphatic heterocycles. The molecule has 1 unspecified atom stereocenters. The summed E-state index contributed by atoms with van der Waals surface area (Å²) in [7, 11) is -2.51. The molecule has 3 rings (SSSR count). The van der Waals surface area contributed by atoms with Gasteiger partial charge in [-0.05, 0) is 15.4 Å². The van der Waals surface area contributed by atoms with E-state index in [-0.39, 0.29) is 16.9 Å². The normalized spacial score (nSPS) is 18.3. The lowest BCUT2D eigenvalue weighted by Gasteiger charge is -2.43. The zero-order valence-electron chi connectivity index (χ0n) is 15.9. The van der Waals surface area contributed by atoms with Gasteiger partial charge >= 0.3 is 0 Å². The Balaban J connectivity index is 1.96. The zero-order valence-corrected chi connectivity index (χ0v) is 16.9. The fourth-order valence-corrected chi connectivity index (χ4v) is 8.46. The Kier molecular flexibility index (Phi) is 5.75. The summed E-state index contributed by atoms with van der Waals surface area (Å²) in [6.07, 6.45) is 0.862. The first kappa shape index (κ1) is 19.0. The summed E-state index contributed by atoms with van der Waals surface area (Å²) < 4.78 is 12.3. The lowest BCUT2D eigenvalue weighted by atomic mass is 10.2. The Morgan fingerprint density at radius 1 is 1.00 bits per heavy atom. The highest BCUT2D eigenvalue weighted by Gasteiger charge is 2.50. The van der Waals surface area contributed by atoms with Crippen molar-refractivity contribution in [1.29, 1.82) is 0 Å². The van der Waals surface area contributed by atoms with Gasteiger partial charge in [-0.15, -0.1) is 0 Å². The number of rotatable bonds is 6. The van der Waals surface area contributed by atoms with E-state index in [9.17, 15) is 4.79 Å². The summed E-state index contributed by atoms with van der Waals surface area (Å²) in [6.45, 7) is 7.86. The van der Waals surface area contributed by atoms with Crippen LogP contribution in [0, 0.1) is 0 Å². The van der Waals surface area contributed by atoms with Crippen molar-refractivity contribution >= 4 is 24.5 Å². The van der Waals surface area contributed by atoms with Crippen molar-refractivity contribution in [2.45, 2.75) is 44.8 Å². The molecule has 0 N–H and O–H groups in total. The van der Waals surface area contributed by atoms with Gasteiger partial charge in [-0.2, -0.15) is 0 Å². The molecule has 0 radical (unpaired) electrons. The molecule has 1 aliphatic rings. The summed E-state index contributed by atoms with van der Waals surface area (Å²) in [5.74, 6) is 0.205. The lowest BCUT2D eigenvalue weighted by molar-refractivity contribution is -0.122. The second-order valence-electron chi connectivity index (χ2n) is 7.88. The van der Waals surface area contributed by atoms with E-state index in [1.807, 2.05) is 12.1 Å². The topological polar surface area (TPSA) is 35.5 Å². The van der Waals surface area contributed by atoms with Crippen LogP contribution < -0.4 is 10.4 Å². The molecule has 1 atom stereocenters. The Morgan fingerprint density at radius 3 is 1.96 bits per heavy atom. The number of ether oxygens (including phenoxy) is 1. The van der Waals surface area contributed by atoms with Crippen molar-refractivity contribution in [3.63, 3.8) is 0 Å². The van der Waals surface area contributed by atoms with Crippen LogP contribution >= 0.6 is 0 Å². The van der Waals surface area contributed by atoms with Crippen molar-refractivity contribution in [2.24, 2.45) is 0 Å². The van der Waals surface area contributed by atoms with Gasteiger partial charge in [-0.25, -0.2) is 0 Å². The predicted octanol–water partition coefficient (Wildman–Crippen LogP) is 3.31. The van der Waals surface area contributed by atoms with Crippen molar-refractivity contribution in [3.8, 4) is 0 Å². The lowest BCUT2D eigenvalue weighted by Crippen LogP contribution is -2.66. The van der Waals surface area contributed by atoms with Crippen LogP contribution in [0.25, 0.3) is 0 Å². The van der Waals surface area contributed by atoms with Crippen LogP contribution in [-0.4, -0.2) is 33.4 Å². The molecule has 0 aliphatic carbocycles. The Labute approximate surface area is 157 Å². The molecule has 2 aromatic rings. The highest BCUT2D eigenvalue weighted by Crippen LogP contribution is 2.36. The van der Waals surface area contributed by atoms with Gasteiger partial charge in [0.05, 0.1) is 6.61 Å². The number of hydrogen-bond acceptors (Lipinski definition) is 3. The number of ketones is 1. The molecule has 4 heteroatoms. The van der Waals surface area contributed by atoms with Crippen molar-refractivity contribution in [3.05, 3.63) is 60.7 Å². The quantitative estimate of drug-likeness (QED) is 0.734. The number of Topliss-reactive ketones (excluding diaryl/α,β-unsaturated/α-hetero) is 1. The number of carbonyl (C=O) groups is 1. The molecule has 0 aromatic heterocycles. The van der Waals surface area contributed by atoms with Gasteiger partial charge in [0.15, 0.2) is 5.78 Å². The van der Waals surface area contributed by atoms with Crippen molar-refractivity contribution in [2.75, 3.05) is 13.2 Å². The van der Waals surface area contributed by atoms with E-state index >= 15 is 0 Å². The SMILES string of the molecule is CC(C)(C)[Si](OCCC1OCCC1=O)(c1ccccc1)c1ccccc1. The van der Waals surface area contributed by atoms with Gasteiger partial charge in [0.2, 0.25) is 0 Å². The second-order valence-corrected chi connectivity index (χ2v) is 12.2. The number of benzene rings is 2. The smallest absolute Gasteiger partial charge is 0.261 e. The third kappa shape index (κ3) is 3.68. The minimum atomic E-state index is -2.51. The minimum Gasteiger partial charge on any atom is -0.407 e. The van der Waals surface area contributed by atoms with Gasteiger partial charge in [-0.1, -0.05) is 81.4 Å². The summed E-state index contributed by atoms with van der Waals surface area (Å²) in [4.78, 5) is 11.9. The summed E-state index contributed by atoms with van der Waals surface area (Å²) in [5, 5.41) is 2.48. The third-order valence-corrected chi connectivity index (χ3v) is 10.2. The molecule has 0 spiro atoms. The van der Waals surface area contributed by atoms with Crippen molar-refractivity contribution in [1.82, 2.24) is 0 Å². The number of hydrogen-bond donors (Lipinski definition) is 0. The van der Waals surface area contributed by atoms with Crippen LogP contribution in [0.2, 0.25) is 5.04 Å². The molecule has 0 bridgehead atoms. The molecule has 0 saturated carbocycles. The highest BCUT2D eigenvalue weighted by atomic mass is 28.4. The highest BCUT2D eigenvalue weighted by molar-refractivity contribution is 6.99. The van der Waals surface area contributed by atoms with Gasteiger partial charge in [0.1, 0.15) is 6.10 Å². The van der Waals surface area contributed by atoms with Crippen LogP contribution in [0.5, 0.6) is 0 Å². The molecular weight excluding hydrogens is 340 g/mol. The first-order chi connectivity index (χ1) is 12.4. The van der Waals surface area contributed by atoms with Crippen LogP contribution in [0.4, 0.5) is 0 Å². The molecule has 3 nitrogen and oxygen atoms in total. The Bertz CT molecular complexity index is 683. The molecule has 2 aromatic carbocycles. The van der Waals surface area contributed by atoms with Crippen LogP contribution in [0.15, 0.2) is 60.7 Å². The average molecular weight is 369 g/mol. The van der Waals surface area contributed by atoms with Crippen molar-refractivity contribution < 1.29 is 14.0 Å². The predicted molar refractivity (Wildman–Crippen MR) is 108 cm³/mol. The fraction of sp³-hybridized carbons (Fsp3) is 0.409. The van der Waals surface area contributed by atoms with Gasteiger partial charge in [-0.3, -0.25) is 4.79 Å². The van der Waals surface area contributed by atoms with Crippen LogP contribution in [0.1, 0.15) is 33.6 Å². The minimum absolute atomic E-state index is 0.0454. The molecule has 0 amide bonds. The molecular formula is C22H28O3Si. The average Bonchev–Trinajstić information content (AvgIpc) is 3.04. The van der Waals surface area contributed by atoms with E-state index in [1.54, 1.807) is 0 Å². The summed E-state index contributed by atoms with van der Waals surface area (Å²) in [6, 6.07) is 21.1. The van der Waals surface area contributed by atoms with E-state index < -0.39 is 8.32 Å². The molecule has 138 valence electrons. The monoisotopic (exact) mass is 368 g/mol. The molecule has 1 saturated heterocycles. The molecule has 1 fully saturated rings. The maximum absolute atomic E-state index is 11.9. The van der Waals surface area contributed by atoms with Gasteiger partial charge < -0.3 is 9.16 Å². The maximum Gasteiger partial charge on any atom is 0.261 e. The first-order valence-electron chi connectivity index (χ1n) is 9.34. The zero-order chi connectivity index (χ0) is 18.6. The Morgan fingerprint density at radius 2 is 1.54 bits per heavy atom. The van der Waals surface area contributed by atoms with Gasteiger partial charge in [0, 0.05) is 19.4 Å². The molecule has 1 heterocycles. The van der Waals surface area contributed by atoms with E-state index in [4.69, 9.17) is 9.16 Å². The van der Waals surface area contributed by atoms with Crippen LogP contribution in [-0.2, 0) is 14.0 Å². The third-order valence-electron chi connectivity index (χ3n) is 5.14. The molecule has 26 heavy (non-hydrogen) atoms. The van der Waals surface area contributed by atoms with E-state index in [2.05, 4.69) is 69.3 Å². The van der Waals surface area contributed by atoms with Gasteiger partial charge in [0.25, 0.3) is 8.32 Å². The number of carbonyl (C=O) groups excluding carboxylic acids is 1. The fourth-order valence-electron chi connectivity index (χ4n) is 3.88. The van der Waals surface area contributed by atoms with E-state index in [0.717, 1.165) is 0 Å². The second kappa shape index (κ2) is 7.87. The standard InChI is InChI=1S/C22H28O3Si/c1-22(2,3)26(18-10-6-4-7-11-18,19-12-8-5-9-13-19)25-17-15-21-20(23)14-16-24-21/h4-13,21H,14-17H2,1-3H3. The summed E-state index contributed by atoms with van der Waals surface area (Å²) >= 11 is 0. The summed E-state index contributed by atoms with van der Waals surface area (Å²) in [5.41, 5.74) is 0. The maximum atomic E-state index is 11.9. The largest absolute Gasteiger partial charge is 0.407 e. The Hall–Kier alpha value is -1.75. The van der Waals surface area contributed by atoms with Crippen LogP contribution in [0.3, 0.4) is 0 Å². The first-order valence-corrected chi connectivity index (χ1v) is 11.3. The van der Waals surface area contributed by atoms with E-state index in [0.29, 0.717) is 26.1 Å². The van der Waals surface area contributed by atoms with E-state index in [1.165, 1.54) is 10.4 Å².